The zero-order valence-electron chi connectivity index (χ0n) is 12.8. The number of hydrogen-bond donors (Lipinski definition) is 1. The molecule has 0 heterocycles. The molecule has 0 radical (unpaired) electrons. The van der Waals surface area contributed by atoms with E-state index in [1.807, 2.05) is 0 Å². The zero-order valence-corrected chi connectivity index (χ0v) is 12.8. The zero-order chi connectivity index (χ0) is 13.6. The minimum atomic E-state index is 0.281. The van der Waals surface area contributed by atoms with E-state index in [0.717, 1.165) is 6.42 Å². The molecule has 1 atom stereocenters. The molecule has 0 bridgehead atoms. The Morgan fingerprint density at radius 2 is 1.39 bits per heavy atom. The Labute approximate surface area is 115 Å². The maximum Gasteiger partial charge on any atom is 0.0688 e. The molecule has 0 saturated heterocycles. The topological polar surface area (TPSA) is 12.0 Å². The van der Waals surface area contributed by atoms with Crippen molar-refractivity contribution in [3.05, 3.63) is 0 Å². The summed E-state index contributed by atoms with van der Waals surface area (Å²) >= 11 is 0. The SMILES string of the molecule is C#CC(CCC)NC(CCCCC)CCCCC. The van der Waals surface area contributed by atoms with Crippen LogP contribution in [-0.4, -0.2) is 12.1 Å². The highest BCUT2D eigenvalue weighted by atomic mass is 14.9. The van der Waals surface area contributed by atoms with Crippen molar-refractivity contribution in [3.63, 3.8) is 0 Å². The molecule has 1 N–H and O–H groups in total. The molecule has 0 aliphatic rings. The Hall–Kier alpha value is -0.480. The first-order chi connectivity index (χ1) is 8.78. The lowest BCUT2D eigenvalue weighted by molar-refractivity contribution is 0.389. The average molecular weight is 251 g/mol. The van der Waals surface area contributed by atoms with E-state index in [2.05, 4.69) is 32.0 Å². The summed E-state index contributed by atoms with van der Waals surface area (Å²) in [4.78, 5) is 0. The van der Waals surface area contributed by atoms with E-state index in [1.165, 1.54) is 57.8 Å². The van der Waals surface area contributed by atoms with Crippen molar-refractivity contribution in [2.45, 2.75) is 97.1 Å². The van der Waals surface area contributed by atoms with Crippen molar-refractivity contribution in [3.8, 4) is 12.3 Å². The molecule has 0 spiro atoms. The Balaban J connectivity index is 4.04. The fraction of sp³-hybridized carbons (Fsp3) is 0.882. The molecule has 18 heavy (non-hydrogen) atoms. The summed E-state index contributed by atoms with van der Waals surface area (Å²) in [6.45, 7) is 6.73. The van der Waals surface area contributed by atoms with Crippen molar-refractivity contribution in [1.29, 1.82) is 0 Å². The van der Waals surface area contributed by atoms with Gasteiger partial charge in [0.05, 0.1) is 6.04 Å². The van der Waals surface area contributed by atoms with Crippen LogP contribution in [0.4, 0.5) is 0 Å². The fourth-order valence-corrected chi connectivity index (χ4v) is 2.38. The van der Waals surface area contributed by atoms with Gasteiger partial charge in [-0.05, 0) is 19.3 Å². The van der Waals surface area contributed by atoms with Gasteiger partial charge in [0.15, 0.2) is 0 Å². The molecule has 0 aromatic rings. The summed E-state index contributed by atoms with van der Waals surface area (Å²) in [6.07, 6.45) is 18.4. The highest BCUT2D eigenvalue weighted by molar-refractivity contribution is 4.99. The average Bonchev–Trinajstić information content (AvgIpc) is 2.38. The van der Waals surface area contributed by atoms with E-state index in [1.54, 1.807) is 0 Å². The first-order valence-corrected chi connectivity index (χ1v) is 8.00. The summed E-state index contributed by atoms with van der Waals surface area (Å²) in [6, 6.07) is 0.916. The van der Waals surface area contributed by atoms with Gasteiger partial charge in [-0.15, -0.1) is 6.42 Å². The highest BCUT2D eigenvalue weighted by Crippen LogP contribution is 2.12. The third kappa shape index (κ3) is 9.54. The maximum atomic E-state index is 5.60. The van der Waals surface area contributed by atoms with Crippen LogP contribution in [0.25, 0.3) is 0 Å². The van der Waals surface area contributed by atoms with Gasteiger partial charge in [-0.3, -0.25) is 0 Å². The summed E-state index contributed by atoms with van der Waals surface area (Å²) in [5, 5.41) is 3.69. The van der Waals surface area contributed by atoms with Crippen molar-refractivity contribution in [2.75, 3.05) is 0 Å². The Kier molecular flexibility index (Phi) is 12.6. The third-order valence-electron chi connectivity index (χ3n) is 3.53. The second-order valence-electron chi connectivity index (χ2n) is 5.36. The Morgan fingerprint density at radius 3 is 1.78 bits per heavy atom. The van der Waals surface area contributed by atoms with Gasteiger partial charge in [0.1, 0.15) is 0 Å². The van der Waals surface area contributed by atoms with Gasteiger partial charge < -0.3 is 5.32 Å². The molecule has 0 saturated carbocycles. The molecule has 0 fully saturated rings. The third-order valence-corrected chi connectivity index (χ3v) is 3.53. The number of nitrogens with one attached hydrogen (secondary N) is 1. The Bertz CT molecular complexity index is 194. The predicted molar refractivity (Wildman–Crippen MR) is 82.7 cm³/mol. The number of terminal acetylenes is 1. The van der Waals surface area contributed by atoms with Gasteiger partial charge in [0.2, 0.25) is 0 Å². The molecule has 0 aromatic heterocycles. The largest absolute Gasteiger partial charge is 0.301 e. The van der Waals surface area contributed by atoms with Gasteiger partial charge in [-0.25, -0.2) is 0 Å². The van der Waals surface area contributed by atoms with E-state index in [-0.39, 0.29) is 6.04 Å². The summed E-state index contributed by atoms with van der Waals surface area (Å²) in [7, 11) is 0. The monoisotopic (exact) mass is 251 g/mol. The molecule has 0 rings (SSSR count). The van der Waals surface area contributed by atoms with Crippen LogP contribution in [0.2, 0.25) is 0 Å². The Morgan fingerprint density at radius 1 is 0.833 bits per heavy atom. The molecule has 0 amide bonds. The first-order valence-electron chi connectivity index (χ1n) is 8.00. The first kappa shape index (κ1) is 17.5. The lowest BCUT2D eigenvalue weighted by Gasteiger charge is -2.22. The van der Waals surface area contributed by atoms with Crippen LogP contribution in [0.15, 0.2) is 0 Å². The van der Waals surface area contributed by atoms with Gasteiger partial charge in [0, 0.05) is 6.04 Å². The van der Waals surface area contributed by atoms with E-state index >= 15 is 0 Å². The lowest BCUT2D eigenvalue weighted by Crippen LogP contribution is -2.37. The smallest absolute Gasteiger partial charge is 0.0688 e. The molecular weight excluding hydrogens is 218 g/mol. The fourth-order valence-electron chi connectivity index (χ4n) is 2.38. The minimum absolute atomic E-state index is 0.281. The van der Waals surface area contributed by atoms with Crippen LogP contribution in [-0.2, 0) is 0 Å². The van der Waals surface area contributed by atoms with Crippen molar-refractivity contribution in [2.24, 2.45) is 0 Å². The van der Waals surface area contributed by atoms with Crippen molar-refractivity contribution >= 4 is 0 Å². The van der Waals surface area contributed by atoms with Gasteiger partial charge >= 0.3 is 0 Å². The molecular formula is C17H33N. The summed E-state index contributed by atoms with van der Waals surface area (Å²) in [5.74, 6) is 2.90. The van der Waals surface area contributed by atoms with Crippen LogP contribution in [0.5, 0.6) is 0 Å². The van der Waals surface area contributed by atoms with Gasteiger partial charge in [0.25, 0.3) is 0 Å². The summed E-state index contributed by atoms with van der Waals surface area (Å²) in [5.41, 5.74) is 0. The summed E-state index contributed by atoms with van der Waals surface area (Å²) < 4.78 is 0. The highest BCUT2D eigenvalue weighted by Gasteiger charge is 2.12. The molecule has 1 nitrogen and oxygen atoms in total. The van der Waals surface area contributed by atoms with Crippen LogP contribution < -0.4 is 5.32 Å². The van der Waals surface area contributed by atoms with E-state index in [4.69, 9.17) is 6.42 Å². The van der Waals surface area contributed by atoms with Crippen molar-refractivity contribution in [1.82, 2.24) is 5.32 Å². The lowest BCUT2D eigenvalue weighted by atomic mass is 10.0. The van der Waals surface area contributed by atoms with E-state index in [0.29, 0.717) is 6.04 Å². The van der Waals surface area contributed by atoms with E-state index < -0.39 is 0 Å². The van der Waals surface area contributed by atoms with Crippen LogP contribution in [0, 0.1) is 12.3 Å². The molecule has 0 aliphatic heterocycles. The predicted octanol–water partition coefficient (Wildman–Crippen LogP) is 4.91. The van der Waals surface area contributed by atoms with Crippen LogP contribution >= 0.6 is 0 Å². The van der Waals surface area contributed by atoms with E-state index in [9.17, 15) is 0 Å². The minimum Gasteiger partial charge on any atom is -0.301 e. The number of rotatable bonds is 12. The standard InChI is InChI=1S/C17H33N/c1-5-9-11-14-17(15-12-10-6-2)18-16(8-4)13-7-3/h4,16-18H,5-7,9-15H2,1-3H3. The van der Waals surface area contributed by atoms with Gasteiger partial charge in [-0.2, -0.15) is 0 Å². The van der Waals surface area contributed by atoms with Crippen LogP contribution in [0.3, 0.4) is 0 Å². The number of unbranched alkanes of at least 4 members (excludes halogenated alkanes) is 4. The maximum absolute atomic E-state index is 5.60. The van der Waals surface area contributed by atoms with Crippen LogP contribution in [0.1, 0.15) is 85.0 Å². The van der Waals surface area contributed by atoms with Crippen molar-refractivity contribution < 1.29 is 0 Å². The second-order valence-corrected chi connectivity index (χ2v) is 5.36. The molecule has 0 aromatic carbocycles. The molecule has 106 valence electrons. The number of hydrogen-bond acceptors (Lipinski definition) is 1. The second kappa shape index (κ2) is 13.0. The molecule has 1 unspecified atom stereocenters. The molecule has 0 aliphatic carbocycles. The van der Waals surface area contributed by atoms with Gasteiger partial charge in [-0.1, -0.05) is 71.6 Å². The normalized spacial score (nSPS) is 12.6. The quantitative estimate of drug-likeness (QED) is 0.384. The molecule has 1 heteroatoms.